The van der Waals surface area contributed by atoms with Gasteiger partial charge in [-0.15, -0.1) is 0 Å². The van der Waals surface area contributed by atoms with Crippen LogP contribution in [0.15, 0.2) is 29.2 Å². The molecule has 2 atom stereocenters. The van der Waals surface area contributed by atoms with Crippen LogP contribution >= 0.6 is 0 Å². The van der Waals surface area contributed by atoms with Crippen molar-refractivity contribution in [2.24, 2.45) is 5.73 Å². The summed E-state index contributed by atoms with van der Waals surface area (Å²) < 4.78 is 31.4. The van der Waals surface area contributed by atoms with E-state index in [0.717, 1.165) is 5.56 Å². The van der Waals surface area contributed by atoms with Gasteiger partial charge >= 0.3 is 5.97 Å². The summed E-state index contributed by atoms with van der Waals surface area (Å²) in [4.78, 5) is 24.2. The molecule has 1 amide bonds. The number of ether oxygens (including phenoxy) is 1. The molecule has 25 heavy (non-hydrogen) atoms. The van der Waals surface area contributed by atoms with E-state index in [1.54, 1.807) is 12.1 Å². The van der Waals surface area contributed by atoms with E-state index in [-0.39, 0.29) is 18.0 Å². The highest BCUT2D eigenvalue weighted by Crippen LogP contribution is 2.26. The average molecular weight is 369 g/mol. The topological polar surface area (TPSA) is 119 Å². The van der Waals surface area contributed by atoms with E-state index >= 15 is 0 Å². The van der Waals surface area contributed by atoms with Crippen LogP contribution in [0.5, 0.6) is 0 Å². The fourth-order valence-corrected chi connectivity index (χ4v) is 4.42. The van der Waals surface area contributed by atoms with Crippen LogP contribution in [0.25, 0.3) is 0 Å². The van der Waals surface area contributed by atoms with Crippen molar-refractivity contribution >= 4 is 21.9 Å². The smallest absolute Gasteiger partial charge is 0.329 e. The van der Waals surface area contributed by atoms with Crippen LogP contribution in [-0.4, -0.2) is 56.9 Å². The van der Waals surface area contributed by atoms with E-state index in [2.05, 4.69) is 10.1 Å². The molecule has 0 bridgehead atoms. The number of rotatable bonds is 6. The summed E-state index contributed by atoms with van der Waals surface area (Å²) in [6, 6.07) is 4.59. The molecule has 2 rings (SSSR count). The third-order valence-electron chi connectivity index (χ3n) is 4.17. The van der Waals surface area contributed by atoms with E-state index in [0.29, 0.717) is 12.8 Å². The Kier molecular flexibility index (Phi) is 6.15. The van der Waals surface area contributed by atoms with E-state index in [1.807, 2.05) is 6.92 Å². The molecule has 0 spiro atoms. The number of amides is 1. The molecule has 0 radical (unpaired) electrons. The van der Waals surface area contributed by atoms with Gasteiger partial charge in [-0.05, 0) is 31.9 Å². The van der Waals surface area contributed by atoms with E-state index in [9.17, 15) is 18.0 Å². The molecule has 9 heteroatoms. The van der Waals surface area contributed by atoms with Gasteiger partial charge in [0.15, 0.2) is 0 Å². The highest BCUT2D eigenvalue weighted by molar-refractivity contribution is 7.89. The van der Waals surface area contributed by atoms with Gasteiger partial charge in [-0.3, -0.25) is 4.79 Å². The summed E-state index contributed by atoms with van der Waals surface area (Å²) in [6.07, 6.45) is 0.948. The molecule has 0 saturated carbocycles. The van der Waals surface area contributed by atoms with Gasteiger partial charge in [-0.25, -0.2) is 13.2 Å². The average Bonchev–Trinajstić information content (AvgIpc) is 3.10. The summed E-state index contributed by atoms with van der Waals surface area (Å²) in [7, 11) is -2.60. The molecule has 0 aliphatic carbocycles. The maximum Gasteiger partial charge on any atom is 0.329 e. The molecule has 8 nitrogen and oxygen atoms in total. The molecular weight excluding hydrogens is 346 g/mol. The number of hydrogen-bond donors (Lipinski definition) is 2. The fourth-order valence-electron chi connectivity index (χ4n) is 2.76. The SMILES string of the molecule is COC(=O)C(CN)NC(=O)[C@H]1CCCN1S(=O)(=O)c1ccc(C)cc1. The highest BCUT2D eigenvalue weighted by Gasteiger charge is 2.40. The summed E-state index contributed by atoms with van der Waals surface area (Å²) in [5, 5.41) is 2.48. The number of benzene rings is 1. The lowest BCUT2D eigenvalue weighted by Gasteiger charge is -2.25. The maximum absolute atomic E-state index is 12.8. The number of nitrogens with two attached hydrogens (primary N) is 1. The Morgan fingerprint density at radius 3 is 2.56 bits per heavy atom. The third-order valence-corrected chi connectivity index (χ3v) is 6.09. The Labute approximate surface area is 147 Å². The lowest BCUT2D eigenvalue weighted by molar-refractivity contribution is -0.145. The number of carbonyl (C=O) groups is 2. The Balaban J connectivity index is 2.20. The molecule has 1 aliphatic rings. The van der Waals surface area contributed by atoms with Gasteiger partial charge in [0, 0.05) is 13.1 Å². The highest BCUT2D eigenvalue weighted by atomic mass is 32.2. The van der Waals surface area contributed by atoms with Gasteiger partial charge < -0.3 is 15.8 Å². The van der Waals surface area contributed by atoms with Crippen LogP contribution in [0.4, 0.5) is 0 Å². The van der Waals surface area contributed by atoms with Crippen LogP contribution in [0.1, 0.15) is 18.4 Å². The predicted octanol–water partition coefficient (Wildman–Crippen LogP) is -0.235. The Morgan fingerprint density at radius 2 is 2.00 bits per heavy atom. The molecule has 1 aromatic carbocycles. The van der Waals surface area contributed by atoms with Crippen molar-refractivity contribution in [1.82, 2.24) is 9.62 Å². The van der Waals surface area contributed by atoms with Gasteiger partial charge in [-0.1, -0.05) is 17.7 Å². The molecular formula is C16H23N3O5S. The second-order valence-electron chi connectivity index (χ2n) is 5.91. The number of nitrogens with zero attached hydrogens (tertiary/aromatic N) is 1. The molecule has 3 N–H and O–H groups in total. The van der Waals surface area contributed by atoms with Crippen molar-refractivity contribution in [3.8, 4) is 0 Å². The number of sulfonamides is 1. The van der Waals surface area contributed by atoms with Gasteiger partial charge in [0.25, 0.3) is 0 Å². The predicted molar refractivity (Wildman–Crippen MR) is 91.1 cm³/mol. The minimum absolute atomic E-state index is 0.129. The zero-order chi connectivity index (χ0) is 18.6. The number of esters is 1. The van der Waals surface area contributed by atoms with Crippen LogP contribution < -0.4 is 11.1 Å². The molecule has 1 unspecified atom stereocenters. The van der Waals surface area contributed by atoms with Crippen LogP contribution in [0.3, 0.4) is 0 Å². The minimum atomic E-state index is -3.79. The van der Waals surface area contributed by atoms with Crippen LogP contribution in [0.2, 0.25) is 0 Å². The molecule has 0 aromatic heterocycles. The molecule has 1 saturated heterocycles. The largest absolute Gasteiger partial charge is 0.467 e. The summed E-state index contributed by atoms with van der Waals surface area (Å²) in [5.41, 5.74) is 6.42. The van der Waals surface area contributed by atoms with Crippen molar-refractivity contribution in [3.05, 3.63) is 29.8 Å². The molecule has 1 aromatic rings. The Bertz CT molecular complexity index is 733. The monoisotopic (exact) mass is 369 g/mol. The molecule has 138 valence electrons. The number of nitrogens with one attached hydrogen (secondary N) is 1. The second kappa shape index (κ2) is 7.94. The number of carbonyl (C=O) groups excluding carboxylic acids is 2. The van der Waals surface area contributed by atoms with Crippen molar-refractivity contribution in [2.75, 3.05) is 20.2 Å². The molecule has 1 fully saturated rings. The van der Waals surface area contributed by atoms with Gasteiger partial charge in [0.2, 0.25) is 15.9 Å². The summed E-state index contributed by atoms with van der Waals surface area (Å²) in [6.45, 7) is 1.98. The second-order valence-corrected chi connectivity index (χ2v) is 7.80. The number of methoxy groups -OCH3 is 1. The lowest BCUT2D eigenvalue weighted by atomic mass is 10.2. The first kappa shape index (κ1) is 19.4. The first-order valence-corrected chi connectivity index (χ1v) is 9.42. The van der Waals surface area contributed by atoms with Gasteiger partial charge in [-0.2, -0.15) is 4.31 Å². The summed E-state index contributed by atoms with van der Waals surface area (Å²) in [5.74, 6) is -1.21. The lowest BCUT2D eigenvalue weighted by Crippen LogP contribution is -2.53. The third kappa shape index (κ3) is 4.17. The van der Waals surface area contributed by atoms with E-state index < -0.39 is 34.0 Å². The van der Waals surface area contributed by atoms with Crippen molar-refractivity contribution < 1.29 is 22.7 Å². The number of aryl methyl sites for hydroxylation is 1. The minimum Gasteiger partial charge on any atom is -0.467 e. The molecule has 1 aliphatic heterocycles. The maximum atomic E-state index is 12.8. The first-order chi connectivity index (χ1) is 11.8. The normalized spacial score (nSPS) is 19.4. The standard InChI is InChI=1S/C16H23N3O5S/c1-11-5-7-12(8-6-11)25(22,23)19-9-3-4-14(19)15(20)18-13(10-17)16(21)24-2/h5-8,13-14H,3-4,9-10,17H2,1-2H3,(H,18,20)/t13?,14-/m1/s1. The van der Waals surface area contributed by atoms with Crippen LogP contribution in [-0.2, 0) is 24.3 Å². The van der Waals surface area contributed by atoms with Crippen molar-refractivity contribution in [2.45, 2.75) is 36.7 Å². The quantitative estimate of drug-likeness (QED) is 0.668. The zero-order valence-corrected chi connectivity index (χ0v) is 15.1. The number of hydrogen-bond acceptors (Lipinski definition) is 6. The summed E-state index contributed by atoms with van der Waals surface area (Å²) >= 11 is 0. The van der Waals surface area contributed by atoms with E-state index in [1.165, 1.54) is 23.5 Å². The van der Waals surface area contributed by atoms with Crippen molar-refractivity contribution in [3.63, 3.8) is 0 Å². The Morgan fingerprint density at radius 1 is 1.36 bits per heavy atom. The fraction of sp³-hybridized carbons (Fsp3) is 0.500. The van der Waals surface area contributed by atoms with Gasteiger partial charge in [0.1, 0.15) is 12.1 Å². The Hall–Kier alpha value is -1.97. The van der Waals surface area contributed by atoms with Crippen LogP contribution in [0, 0.1) is 6.92 Å². The first-order valence-electron chi connectivity index (χ1n) is 7.98. The molecule has 1 heterocycles. The van der Waals surface area contributed by atoms with Gasteiger partial charge in [0.05, 0.1) is 12.0 Å². The van der Waals surface area contributed by atoms with E-state index in [4.69, 9.17) is 5.73 Å². The zero-order valence-electron chi connectivity index (χ0n) is 14.3. The van der Waals surface area contributed by atoms with Crippen molar-refractivity contribution in [1.29, 1.82) is 0 Å².